The van der Waals surface area contributed by atoms with E-state index in [1.165, 1.54) is 5.39 Å². The van der Waals surface area contributed by atoms with E-state index in [1.54, 1.807) is 4.90 Å². The van der Waals surface area contributed by atoms with Gasteiger partial charge >= 0.3 is 0 Å². The number of nitrogens with zero attached hydrogens (tertiary/aromatic N) is 2. The van der Waals surface area contributed by atoms with E-state index in [2.05, 4.69) is 22.1 Å². The third-order valence-electron chi connectivity index (χ3n) is 4.15. The Morgan fingerprint density at radius 1 is 1.26 bits per heavy atom. The molecule has 0 saturated heterocycles. The number of aliphatic hydroxyl groups excluding tert-OH is 1. The van der Waals surface area contributed by atoms with Crippen LogP contribution in [0.15, 0.2) is 36.5 Å². The van der Waals surface area contributed by atoms with Crippen LogP contribution in [0.4, 0.5) is 0 Å². The van der Waals surface area contributed by atoms with Crippen LogP contribution in [0.5, 0.6) is 0 Å². The molecule has 2 heterocycles. The molecule has 0 atom stereocenters. The van der Waals surface area contributed by atoms with E-state index in [1.807, 2.05) is 31.3 Å². The van der Waals surface area contributed by atoms with Crippen molar-refractivity contribution in [3.63, 3.8) is 0 Å². The van der Waals surface area contributed by atoms with E-state index in [0.717, 1.165) is 22.1 Å². The zero-order valence-electron chi connectivity index (χ0n) is 13.2. The first kappa shape index (κ1) is 15.5. The maximum absolute atomic E-state index is 12.1. The van der Waals surface area contributed by atoms with Gasteiger partial charge in [-0.2, -0.15) is 0 Å². The summed E-state index contributed by atoms with van der Waals surface area (Å²) in [5, 5.41) is 11.3. The van der Waals surface area contributed by atoms with Crippen molar-refractivity contribution >= 4 is 27.7 Å². The highest BCUT2D eigenvalue weighted by atomic mass is 16.3. The van der Waals surface area contributed by atoms with Gasteiger partial charge in [0.05, 0.1) is 18.3 Å². The minimum absolute atomic E-state index is 0.000864. The monoisotopic (exact) mass is 311 g/mol. The van der Waals surface area contributed by atoms with Crippen molar-refractivity contribution in [1.82, 2.24) is 14.9 Å². The second-order valence-corrected chi connectivity index (χ2v) is 5.59. The largest absolute Gasteiger partial charge is 0.395 e. The summed E-state index contributed by atoms with van der Waals surface area (Å²) in [6, 6.07) is 10.2. The van der Waals surface area contributed by atoms with E-state index < -0.39 is 0 Å². The second-order valence-electron chi connectivity index (χ2n) is 5.59. The van der Waals surface area contributed by atoms with Gasteiger partial charge in [-0.15, -0.1) is 0 Å². The van der Waals surface area contributed by atoms with Crippen LogP contribution in [-0.4, -0.2) is 45.6 Å². The summed E-state index contributed by atoms with van der Waals surface area (Å²) in [6.45, 7) is 2.93. The minimum Gasteiger partial charge on any atom is -0.395 e. The molecule has 0 spiro atoms. The number of carbonyl (C=O) groups is 1. The van der Waals surface area contributed by atoms with E-state index in [0.29, 0.717) is 25.9 Å². The lowest BCUT2D eigenvalue weighted by Gasteiger charge is -2.19. The molecule has 3 aromatic rings. The zero-order chi connectivity index (χ0) is 16.2. The molecule has 0 radical (unpaired) electrons. The van der Waals surface area contributed by atoms with Crippen molar-refractivity contribution in [2.45, 2.75) is 19.8 Å². The lowest BCUT2D eigenvalue weighted by Crippen LogP contribution is -2.33. The van der Waals surface area contributed by atoms with Gasteiger partial charge in [-0.05, 0) is 25.5 Å². The van der Waals surface area contributed by atoms with E-state index in [4.69, 9.17) is 5.11 Å². The number of likely N-dealkylation sites (N-methyl/N-ethyl adjacent to an activating group) is 1. The van der Waals surface area contributed by atoms with Crippen LogP contribution in [0, 0.1) is 0 Å². The number of rotatable bonds is 6. The first-order valence-electron chi connectivity index (χ1n) is 7.97. The smallest absolute Gasteiger partial charge is 0.223 e. The predicted molar refractivity (Wildman–Crippen MR) is 91.3 cm³/mol. The number of aliphatic hydroxyl groups is 1. The molecule has 23 heavy (non-hydrogen) atoms. The van der Waals surface area contributed by atoms with Gasteiger partial charge in [-0.1, -0.05) is 18.2 Å². The molecule has 5 nitrogen and oxygen atoms in total. The molecule has 2 aromatic heterocycles. The number of hydrogen-bond acceptors (Lipinski definition) is 3. The number of aromatic nitrogens is 2. The van der Waals surface area contributed by atoms with Crippen molar-refractivity contribution in [1.29, 1.82) is 0 Å². The number of H-pyrrole nitrogens is 1. The molecule has 0 aliphatic heterocycles. The van der Waals surface area contributed by atoms with Crippen molar-refractivity contribution < 1.29 is 9.90 Å². The summed E-state index contributed by atoms with van der Waals surface area (Å²) in [6.07, 6.45) is 2.85. The lowest BCUT2D eigenvalue weighted by atomic mass is 10.1. The van der Waals surface area contributed by atoms with Gasteiger partial charge in [0.15, 0.2) is 0 Å². The van der Waals surface area contributed by atoms with E-state index in [9.17, 15) is 4.79 Å². The molecule has 0 bridgehead atoms. The Bertz CT molecular complexity index is 825. The normalized spacial score (nSPS) is 11.2. The van der Waals surface area contributed by atoms with Crippen molar-refractivity contribution in [2.24, 2.45) is 0 Å². The SMILES string of the molecule is CCN(CCO)C(=O)CCc1cc2c(cn1)[nH]c1ccccc12. The fraction of sp³-hybridized carbons (Fsp3) is 0.333. The maximum atomic E-state index is 12.1. The highest BCUT2D eigenvalue weighted by Crippen LogP contribution is 2.25. The molecule has 0 saturated carbocycles. The Hall–Kier alpha value is -2.40. The number of para-hydroxylation sites is 1. The predicted octanol–water partition coefficient (Wildman–Crippen LogP) is 2.49. The zero-order valence-corrected chi connectivity index (χ0v) is 13.2. The van der Waals surface area contributed by atoms with Crippen molar-refractivity contribution in [2.75, 3.05) is 19.7 Å². The summed E-state index contributed by atoms with van der Waals surface area (Å²) >= 11 is 0. The fourth-order valence-corrected chi connectivity index (χ4v) is 2.90. The molecule has 120 valence electrons. The summed E-state index contributed by atoms with van der Waals surface area (Å²) in [5.41, 5.74) is 3.02. The van der Waals surface area contributed by atoms with Gasteiger partial charge in [0.1, 0.15) is 0 Å². The number of hydrogen-bond donors (Lipinski definition) is 2. The molecule has 0 aliphatic carbocycles. The van der Waals surface area contributed by atoms with Crippen molar-refractivity contribution in [3.8, 4) is 0 Å². The summed E-state index contributed by atoms with van der Waals surface area (Å²) in [7, 11) is 0. The number of aryl methyl sites for hydroxylation is 1. The van der Waals surface area contributed by atoms with Gasteiger partial charge in [0, 0.05) is 41.5 Å². The van der Waals surface area contributed by atoms with Crippen LogP contribution in [0.1, 0.15) is 19.0 Å². The third kappa shape index (κ3) is 3.19. The van der Waals surface area contributed by atoms with Crippen LogP contribution in [0.25, 0.3) is 21.8 Å². The molecular formula is C18H21N3O2. The number of fused-ring (bicyclic) bond motifs is 3. The first-order chi connectivity index (χ1) is 11.2. The molecule has 1 aromatic carbocycles. The maximum Gasteiger partial charge on any atom is 0.223 e. The van der Waals surface area contributed by atoms with Gasteiger partial charge < -0.3 is 15.0 Å². The van der Waals surface area contributed by atoms with E-state index >= 15 is 0 Å². The number of pyridine rings is 1. The number of amides is 1. The van der Waals surface area contributed by atoms with Crippen molar-refractivity contribution in [3.05, 3.63) is 42.2 Å². The van der Waals surface area contributed by atoms with Crippen LogP contribution < -0.4 is 0 Å². The standard InChI is InChI=1S/C18H21N3O2/c1-2-21(9-10-22)18(23)8-7-13-11-15-14-5-3-4-6-16(14)20-17(15)12-19-13/h3-6,11-12,20,22H,2,7-10H2,1H3. The van der Waals surface area contributed by atoms with Crippen LogP contribution >= 0.6 is 0 Å². The number of benzene rings is 1. The van der Waals surface area contributed by atoms with Gasteiger partial charge in [0.25, 0.3) is 0 Å². The molecule has 1 amide bonds. The number of carbonyl (C=O) groups excluding carboxylic acids is 1. The molecule has 0 fully saturated rings. The summed E-state index contributed by atoms with van der Waals surface area (Å²) < 4.78 is 0. The lowest BCUT2D eigenvalue weighted by molar-refractivity contribution is -0.131. The number of aromatic amines is 1. The molecule has 0 aliphatic rings. The summed E-state index contributed by atoms with van der Waals surface area (Å²) in [4.78, 5) is 21.6. The Kier molecular flexibility index (Phi) is 4.57. The Balaban J connectivity index is 1.78. The highest BCUT2D eigenvalue weighted by molar-refractivity contribution is 6.06. The van der Waals surface area contributed by atoms with Gasteiger partial charge in [-0.3, -0.25) is 9.78 Å². The van der Waals surface area contributed by atoms with Crippen LogP contribution in [-0.2, 0) is 11.2 Å². The average Bonchev–Trinajstić information content (AvgIpc) is 2.95. The topological polar surface area (TPSA) is 69.2 Å². The molecule has 0 unspecified atom stereocenters. The first-order valence-corrected chi connectivity index (χ1v) is 7.97. The van der Waals surface area contributed by atoms with Gasteiger partial charge in [0.2, 0.25) is 5.91 Å². The highest BCUT2D eigenvalue weighted by Gasteiger charge is 2.12. The van der Waals surface area contributed by atoms with Gasteiger partial charge in [-0.25, -0.2) is 0 Å². The number of nitrogens with one attached hydrogen (secondary N) is 1. The molecule has 5 heteroatoms. The molecular weight excluding hydrogens is 290 g/mol. The van der Waals surface area contributed by atoms with Crippen LogP contribution in [0.2, 0.25) is 0 Å². The Morgan fingerprint density at radius 3 is 2.87 bits per heavy atom. The summed E-state index contributed by atoms with van der Waals surface area (Å²) in [5.74, 6) is 0.0578. The Morgan fingerprint density at radius 2 is 2.09 bits per heavy atom. The van der Waals surface area contributed by atoms with E-state index in [-0.39, 0.29) is 12.5 Å². The quantitative estimate of drug-likeness (QED) is 0.735. The molecule has 3 rings (SSSR count). The molecule has 2 N–H and O–H groups in total. The Labute approximate surface area is 134 Å². The fourth-order valence-electron chi connectivity index (χ4n) is 2.90. The second kappa shape index (κ2) is 6.79. The average molecular weight is 311 g/mol. The minimum atomic E-state index is -0.000864. The van der Waals surface area contributed by atoms with Crippen LogP contribution in [0.3, 0.4) is 0 Å². The third-order valence-corrected chi connectivity index (χ3v) is 4.15.